The number of aliphatic hydroxyl groups excluding tert-OH is 1. The fraction of sp³-hybridized carbons (Fsp3) is 0.385. The van der Waals surface area contributed by atoms with Crippen molar-refractivity contribution in [2.75, 3.05) is 12.4 Å². The number of amides is 1. The summed E-state index contributed by atoms with van der Waals surface area (Å²) in [6.45, 7) is 1.61. The van der Waals surface area contributed by atoms with Crippen molar-refractivity contribution >= 4 is 29.2 Å². The molecule has 1 aromatic rings. The second-order valence-corrected chi connectivity index (χ2v) is 4.53. The number of carbonyl (C=O) groups is 2. The van der Waals surface area contributed by atoms with Crippen LogP contribution in [0.5, 0.6) is 0 Å². The van der Waals surface area contributed by atoms with Gasteiger partial charge in [-0.1, -0.05) is 11.6 Å². The zero-order valence-corrected chi connectivity index (χ0v) is 11.5. The summed E-state index contributed by atoms with van der Waals surface area (Å²) in [6, 6.07) is 4.48. The summed E-state index contributed by atoms with van der Waals surface area (Å²) in [7, 11) is 1.28. The van der Waals surface area contributed by atoms with Gasteiger partial charge < -0.3 is 15.2 Å². The van der Waals surface area contributed by atoms with Gasteiger partial charge in [0.15, 0.2) is 0 Å². The highest BCUT2D eigenvalue weighted by atomic mass is 35.5. The molecule has 0 saturated heterocycles. The average Bonchev–Trinajstić information content (AvgIpc) is 2.38. The molecule has 1 rings (SSSR count). The van der Waals surface area contributed by atoms with E-state index in [4.69, 9.17) is 16.7 Å². The first kappa shape index (κ1) is 15.5. The lowest BCUT2D eigenvalue weighted by molar-refractivity contribution is -0.116. The van der Waals surface area contributed by atoms with E-state index >= 15 is 0 Å². The number of ether oxygens (including phenoxy) is 1. The van der Waals surface area contributed by atoms with Gasteiger partial charge in [0.05, 0.1) is 29.5 Å². The molecule has 0 heterocycles. The molecular formula is C13H16ClNO4. The maximum Gasteiger partial charge on any atom is 0.337 e. The van der Waals surface area contributed by atoms with Crippen molar-refractivity contribution in [2.45, 2.75) is 25.9 Å². The minimum absolute atomic E-state index is 0.177. The van der Waals surface area contributed by atoms with Crippen LogP contribution in [-0.4, -0.2) is 30.2 Å². The van der Waals surface area contributed by atoms with Gasteiger partial charge in [-0.25, -0.2) is 4.79 Å². The Balaban J connectivity index is 2.77. The van der Waals surface area contributed by atoms with E-state index in [9.17, 15) is 9.59 Å². The smallest absolute Gasteiger partial charge is 0.337 e. The van der Waals surface area contributed by atoms with E-state index in [-0.39, 0.29) is 12.3 Å². The standard InChI is InChI=1S/C13H16ClNO4/c1-8(16)3-6-12(17)15-11-7-9(13(18)19-2)4-5-10(11)14/h4-5,7-8,16H,3,6H2,1-2H3,(H,15,17). The Morgan fingerprint density at radius 2 is 2.16 bits per heavy atom. The Labute approximate surface area is 116 Å². The molecule has 1 atom stereocenters. The average molecular weight is 286 g/mol. The highest BCUT2D eigenvalue weighted by Gasteiger charge is 2.11. The van der Waals surface area contributed by atoms with E-state index < -0.39 is 12.1 Å². The van der Waals surface area contributed by atoms with Crippen molar-refractivity contribution in [3.05, 3.63) is 28.8 Å². The number of nitrogens with one attached hydrogen (secondary N) is 1. The molecule has 2 N–H and O–H groups in total. The second-order valence-electron chi connectivity index (χ2n) is 4.12. The van der Waals surface area contributed by atoms with Crippen molar-refractivity contribution in [3.8, 4) is 0 Å². The topological polar surface area (TPSA) is 75.6 Å². The summed E-state index contributed by atoms with van der Waals surface area (Å²) in [5.74, 6) is -0.777. The number of benzene rings is 1. The second kappa shape index (κ2) is 7.11. The van der Waals surface area contributed by atoms with Crippen molar-refractivity contribution in [3.63, 3.8) is 0 Å². The lowest BCUT2D eigenvalue weighted by Gasteiger charge is -2.09. The zero-order chi connectivity index (χ0) is 14.4. The largest absolute Gasteiger partial charge is 0.465 e. The molecule has 0 aliphatic carbocycles. The fourth-order valence-electron chi connectivity index (χ4n) is 1.42. The van der Waals surface area contributed by atoms with Crippen molar-refractivity contribution in [1.29, 1.82) is 0 Å². The predicted octanol–water partition coefficient (Wildman–Crippen LogP) is 2.23. The number of hydrogen-bond donors (Lipinski definition) is 2. The third-order valence-electron chi connectivity index (χ3n) is 2.45. The first-order chi connectivity index (χ1) is 8.93. The molecular weight excluding hydrogens is 270 g/mol. The van der Waals surface area contributed by atoms with Crippen LogP contribution in [0.3, 0.4) is 0 Å². The number of esters is 1. The van der Waals surface area contributed by atoms with Crippen molar-refractivity contribution in [2.24, 2.45) is 0 Å². The van der Waals surface area contributed by atoms with E-state index in [2.05, 4.69) is 10.1 Å². The molecule has 6 heteroatoms. The van der Waals surface area contributed by atoms with Gasteiger partial charge in [0.1, 0.15) is 0 Å². The summed E-state index contributed by atoms with van der Waals surface area (Å²) in [5.41, 5.74) is 0.651. The first-order valence-corrected chi connectivity index (χ1v) is 6.17. The summed E-state index contributed by atoms with van der Waals surface area (Å²) < 4.78 is 4.59. The fourth-order valence-corrected chi connectivity index (χ4v) is 1.58. The number of halogens is 1. The molecule has 1 unspecified atom stereocenters. The number of anilines is 1. The number of rotatable bonds is 5. The van der Waals surface area contributed by atoms with Crippen LogP contribution < -0.4 is 5.32 Å². The number of hydrogen-bond acceptors (Lipinski definition) is 4. The highest BCUT2D eigenvalue weighted by molar-refractivity contribution is 6.33. The van der Waals surface area contributed by atoms with Crippen LogP contribution >= 0.6 is 11.6 Å². The molecule has 1 amide bonds. The molecule has 0 aromatic heterocycles. The molecule has 104 valence electrons. The van der Waals surface area contributed by atoms with Gasteiger partial charge in [0, 0.05) is 6.42 Å². The van der Waals surface area contributed by atoms with Gasteiger partial charge in [-0.15, -0.1) is 0 Å². The van der Waals surface area contributed by atoms with Crippen LogP contribution in [0.4, 0.5) is 5.69 Å². The molecule has 0 radical (unpaired) electrons. The maximum absolute atomic E-state index is 11.6. The Morgan fingerprint density at radius 3 is 2.74 bits per heavy atom. The Hall–Kier alpha value is -1.59. The quantitative estimate of drug-likeness (QED) is 0.814. The molecule has 1 aromatic carbocycles. The van der Waals surface area contributed by atoms with E-state index in [0.29, 0.717) is 22.7 Å². The monoisotopic (exact) mass is 285 g/mol. The normalized spacial score (nSPS) is 11.8. The molecule has 0 bridgehead atoms. The molecule has 19 heavy (non-hydrogen) atoms. The van der Waals surface area contributed by atoms with Gasteiger partial charge >= 0.3 is 5.97 Å². The Kier molecular flexibility index (Phi) is 5.79. The van der Waals surface area contributed by atoms with Crippen molar-refractivity contribution < 1.29 is 19.4 Å². The van der Waals surface area contributed by atoms with Crippen LogP contribution in [0.2, 0.25) is 5.02 Å². The van der Waals surface area contributed by atoms with Crippen molar-refractivity contribution in [1.82, 2.24) is 0 Å². The summed E-state index contributed by atoms with van der Waals surface area (Å²) >= 11 is 5.93. The van der Waals surface area contributed by atoms with E-state index in [1.54, 1.807) is 6.92 Å². The minimum atomic E-state index is -0.539. The molecule has 0 saturated carbocycles. The zero-order valence-electron chi connectivity index (χ0n) is 10.8. The third-order valence-corrected chi connectivity index (χ3v) is 2.78. The van der Waals surface area contributed by atoms with Crippen LogP contribution in [0.1, 0.15) is 30.1 Å². The van der Waals surface area contributed by atoms with E-state index in [1.165, 1.54) is 25.3 Å². The predicted molar refractivity (Wildman–Crippen MR) is 72.3 cm³/mol. The number of aliphatic hydroxyl groups is 1. The van der Waals surface area contributed by atoms with Crippen LogP contribution in [0, 0.1) is 0 Å². The molecule has 0 fully saturated rings. The molecule has 0 spiro atoms. The van der Waals surface area contributed by atoms with Gasteiger partial charge in [-0.3, -0.25) is 4.79 Å². The summed E-state index contributed by atoms with van der Waals surface area (Å²) in [6.07, 6.45) is -0.000950. The van der Waals surface area contributed by atoms with E-state index in [1.807, 2.05) is 0 Å². The Bertz CT molecular complexity index is 474. The molecule has 0 aliphatic rings. The lowest BCUT2D eigenvalue weighted by atomic mass is 10.2. The van der Waals surface area contributed by atoms with Crippen LogP contribution in [0.15, 0.2) is 18.2 Å². The summed E-state index contributed by atoms with van der Waals surface area (Å²) in [5, 5.41) is 12.0. The van der Waals surface area contributed by atoms with Gasteiger partial charge in [0.2, 0.25) is 5.91 Å². The third kappa shape index (κ3) is 4.89. The minimum Gasteiger partial charge on any atom is -0.465 e. The lowest BCUT2D eigenvalue weighted by Crippen LogP contribution is -2.15. The summed E-state index contributed by atoms with van der Waals surface area (Å²) in [4.78, 5) is 23.0. The van der Waals surface area contributed by atoms with Gasteiger partial charge in [-0.05, 0) is 31.5 Å². The molecule has 0 aliphatic heterocycles. The van der Waals surface area contributed by atoms with Gasteiger partial charge in [-0.2, -0.15) is 0 Å². The Morgan fingerprint density at radius 1 is 1.47 bits per heavy atom. The van der Waals surface area contributed by atoms with E-state index in [0.717, 1.165) is 0 Å². The number of methoxy groups -OCH3 is 1. The highest BCUT2D eigenvalue weighted by Crippen LogP contribution is 2.23. The molecule has 5 nitrogen and oxygen atoms in total. The van der Waals surface area contributed by atoms with Crippen LogP contribution in [0.25, 0.3) is 0 Å². The number of carbonyl (C=O) groups excluding carboxylic acids is 2. The van der Waals surface area contributed by atoms with Gasteiger partial charge in [0.25, 0.3) is 0 Å². The van der Waals surface area contributed by atoms with Crippen LogP contribution in [-0.2, 0) is 9.53 Å². The first-order valence-electron chi connectivity index (χ1n) is 5.79. The SMILES string of the molecule is COC(=O)c1ccc(Cl)c(NC(=O)CCC(C)O)c1. The maximum atomic E-state index is 11.6.